The molecule has 1 N–H and O–H groups in total. The van der Waals surface area contributed by atoms with Gasteiger partial charge in [-0.3, -0.25) is 0 Å². The summed E-state index contributed by atoms with van der Waals surface area (Å²) in [6.45, 7) is 2.99. The van der Waals surface area contributed by atoms with Crippen molar-refractivity contribution in [3.05, 3.63) is 23.8 Å². The summed E-state index contributed by atoms with van der Waals surface area (Å²) >= 11 is 0. The van der Waals surface area contributed by atoms with Gasteiger partial charge in [0.2, 0.25) is 0 Å². The van der Waals surface area contributed by atoms with E-state index in [9.17, 15) is 8.42 Å². The highest BCUT2D eigenvalue weighted by molar-refractivity contribution is 7.91. The summed E-state index contributed by atoms with van der Waals surface area (Å²) in [6, 6.07) is 5.58. The van der Waals surface area contributed by atoms with Gasteiger partial charge in [-0.15, -0.1) is 0 Å². The fourth-order valence-electron chi connectivity index (χ4n) is 2.57. The third-order valence-corrected chi connectivity index (χ3v) is 5.35. The largest absolute Gasteiger partial charge is 0.495 e. The van der Waals surface area contributed by atoms with Crippen LogP contribution in [-0.4, -0.2) is 27.8 Å². The van der Waals surface area contributed by atoms with Gasteiger partial charge in [0.05, 0.1) is 12.9 Å². The third-order valence-electron chi connectivity index (χ3n) is 3.46. The van der Waals surface area contributed by atoms with Crippen LogP contribution in [0.15, 0.2) is 23.1 Å². The van der Waals surface area contributed by atoms with Crippen molar-refractivity contribution in [3.8, 4) is 5.75 Å². The van der Waals surface area contributed by atoms with Crippen LogP contribution in [0.1, 0.15) is 37.8 Å². The van der Waals surface area contributed by atoms with Crippen molar-refractivity contribution in [3.63, 3.8) is 0 Å². The quantitative estimate of drug-likeness (QED) is 0.921. The molecule has 1 aliphatic heterocycles. The van der Waals surface area contributed by atoms with Gasteiger partial charge in [-0.05, 0) is 37.4 Å². The number of sulfone groups is 1. The predicted molar refractivity (Wildman–Crippen MR) is 75.3 cm³/mol. The average molecular weight is 283 g/mol. The summed E-state index contributed by atoms with van der Waals surface area (Å²) < 4.78 is 30.0. The molecule has 5 heteroatoms. The molecule has 4 nitrogen and oxygen atoms in total. The van der Waals surface area contributed by atoms with Crippen molar-refractivity contribution in [2.45, 2.75) is 37.1 Å². The van der Waals surface area contributed by atoms with E-state index >= 15 is 0 Å². The lowest BCUT2D eigenvalue weighted by molar-refractivity contribution is 0.398. The molecule has 0 aromatic heterocycles. The number of benzene rings is 1. The lowest BCUT2D eigenvalue weighted by atomic mass is 10.0. The van der Waals surface area contributed by atoms with Gasteiger partial charge in [0.25, 0.3) is 0 Å². The summed E-state index contributed by atoms with van der Waals surface area (Å²) in [5.74, 6) is 0.660. The highest BCUT2D eigenvalue weighted by Gasteiger charge is 2.30. The molecule has 0 saturated carbocycles. The van der Waals surface area contributed by atoms with E-state index in [1.165, 1.54) is 7.11 Å². The van der Waals surface area contributed by atoms with Crippen LogP contribution in [0.3, 0.4) is 0 Å². The molecule has 2 rings (SSSR count). The Morgan fingerprint density at radius 1 is 1.42 bits per heavy atom. The van der Waals surface area contributed by atoms with Gasteiger partial charge in [-0.1, -0.05) is 19.1 Å². The van der Waals surface area contributed by atoms with Gasteiger partial charge in [0.1, 0.15) is 10.6 Å². The first-order valence-electron chi connectivity index (χ1n) is 6.73. The average Bonchev–Trinajstić information content (AvgIpc) is 2.53. The summed E-state index contributed by atoms with van der Waals surface area (Å²) in [5, 5.41) is 3.44. The molecular formula is C14H21NO3S. The second kappa shape index (κ2) is 5.92. The Labute approximate surface area is 115 Å². The van der Waals surface area contributed by atoms with Crippen molar-refractivity contribution < 1.29 is 13.2 Å². The molecule has 1 heterocycles. The molecule has 106 valence electrons. The van der Waals surface area contributed by atoms with Crippen LogP contribution in [0.25, 0.3) is 0 Å². The van der Waals surface area contributed by atoms with Crippen LogP contribution in [0, 0.1) is 0 Å². The van der Waals surface area contributed by atoms with Crippen molar-refractivity contribution >= 4 is 9.84 Å². The number of hydrogen-bond donors (Lipinski definition) is 1. The van der Waals surface area contributed by atoms with E-state index in [4.69, 9.17) is 4.74 Å². The number of rotatable bonds is 4. The topological polar surface area (TPSA) is 55.4 Å². The van der Waals surface area contributed by atoms with Crippen molar-refractivity contribution in [2.75, 3.05) is 19.4 Å². The zero-order valence-electron chi connectivity index (χ0n) is 11.5. The first-order valence-corrected chi connectivity index (χ1v) is 8.38. The number of nitrogens with one attached hydrogen (secondary N) is 1. The monoisotopic (exact) mass is 283 g/mol. The third kappa shape index (κ3) is 2.92. The molecule has 0 saturated heterocycles. The van der Waals surface area contributed by atoms with Gasteiger partial charge in [0.15, 0.2) is 9.84 Å². The van der Waals surface area contributed by atoms with E-state index in [0.29, 0.717) is 17.1 Å². The fraction of sp³-hybridized carbons (Fsp3) is 0.571. The Morgan fingerprint density at radius 2 is 2.21 bits per heavy atom. The van der Waals surface area contributed by atoms with E-state index in [1.807, 2.05) is 12.1 Å². The first-order chi connectivity index (χ1) is 9.10. The van der Waals surface area contributed by atoms with Crippen molar-refractivity contribution in [1.29, 1.82) is 0 Å². The molecule has 19 heavy (non-hydrogen) atoms. The Kier molecular flexibility index (Phi) is 4.47. The standard InChI is InChI=1S/C14H21NO3S/c1-3-9-15-12-7-5-10-19(16,17)14-11(12)6-4-8-13(14)18-2/h4,6,8,12,15H,3,5,7,9-10H2,1-2H3. The van der Waals surface area contributed by atoms with Gasteiger partial charge in [0, 0.05) is 6.04 Å². The smallest absolute Gasteiger partial charge is 0.182 e. The Balaban J connectivity index is 2.52. The van der Waals surface area contributed by atoms with Crippen LogP contribution in [0.5, 0.6) is 5.75 Å². The molecule has 1 aromatic carbocycles. The highest BCUT2D eigenvalue weighted by atomic mass is 32.2. The second-order valence-corrected chi connectivity index (χ2v) is 6.89. The fourth-order valence-corrected chi connectivity index (χ4v) is 4.34. The SMILES string of the molecule is CCCNC1CCCS(=O)(=O)c2c(OC)cccc21. The molecule has 0 radical (unpaired) electrons. The maximum Gasteiger partial charge on any atom is 0.182 e. The van der Waals surface area contributed by atoms with E-state index < -0.39 is 9.84 Å². The molecule has 0 bridgehead atoms. The second-order valence-electron chi connectivity index (χ2n) is 4.85. The zero-order chi connectivity index (χ0) is 13.9. The lowest BCUT2D eigenvalue weighted by Crippen LogP contribution is -2.22. The molecule has 0 spiro atoms. The van der Waals surface area contributed by atoms with Crippen LogP contribution >= 0.6 is 0 Å². The summed E-state index contributed by atoms with van der Waals surface area (Å²) in [4.78, 5) is 0.378. The van der Waals surface area contributed by atoms with Crippen LogP contribution in [0.4, 0.5) is 0 Å². The van der Waals surface area contributed by atoms with E-state index in [-0.39, 0.29) is 11.8 Å². The minimum absolute atomic E-state index is 0.0994. The zero-order valence-corrected chi connectivity index (χ0v) is 12.3. The summed E-state index contributed by atoms with van der Waals surface area (Å²) in [5.41, 5.74) is 0.852. The summed E-state index contributed by atoms with van der Waals surface area (Å²) in [6.07, 6.45) is 2.56. The van der Waals surface area contributed by atoms with E-state index in [2.05, 4.69) is 12.2 Å². The Morgan fingerprint density at radius 3 is 2.89 bits per heavy atom. The number of methoxy groups -OCH3 is 1. The van der Waals surface area contributed by atoms with Gasteiger partial charge in [-0.25, -0.2) is 8.42 Å². The maximum atomic E-state index is 12.4. The van der Waals surface area contributed by atoms with Crippen molar-refractivity contribution in [1.82, 2.24) is 5.32 Å². The normalized spacial score (nSPS) is 21.5. The van der Waals surface area contributed by atoms with Crippen LogP contribution < -0.4 is 10.1 Å². The maximum absolute atomic E-state index is 12.4. The molecule has 0 aliphatic carbocycles. The Bertz CT molecular complexity index is 540. The lowest BCUT2D eigenvalue weighted by Gasteiger charge is -2.19. The molecule has 1 unspecified atom stereocenters. The van der Waals surface area contributed by atoms with E-state index in [0.717, 1.165) is 24.9 Å². The molecule has 1 aliphatic rings. The van der Waals surface area contributed by atoms with Crippen molar-refractivity contribution in [2.24, 2.45) is 0 Å². The number of hydrogen-bond acceptors (Lipinski definition) is 4. The molecule has 1 aromatic rings. The molecular weight excluding hydrogens is 262 g/mol. The van der Waals surface area contributed by atoms with Gasteiger partial charge < -0.3 is 10.1 Å². The summed E-state index contributed by atoms with van der Waals surface area (Å²) in [7, 11) is -1.73. The molecule has 0 amide bonds. The van der Waals surface area contributed by atoms with E-state index in [1.54, 1.807) is 6.07 Å². The minimum Gasteiger partial charge on any atom is -0.495 e. The minimum atomic E-state index is -3.24. The number of ether oxygens (including phenoxy) is 1. The van der Waals surface area contributed by atoms with Crippen LogP contribution in [0.2, 0.25) is 0 Å². The number of fused-ring (bicyclic) bond motifs is 1. The predicted octanol–water partition coefficient (Wildman–Crippen LogP) is 2.30. The van der Waals surface area contributed by atoms with Gasteiger partial charge in [-0.2, -0.15) is 0 Å². The highest BCUT2D eigenvalue weighted by Crippen LogP contribution is 2.36. The molecule has 1 atom stereocenters. The van der Waals surface area contributed by atoms with Gasteiger partial charge >= 0.3 is 0 Å². The first kappa shape index (κ1) is 14.3. The Hall–Kier alpha value is -1.07. The van der Waals surface area contributed by atoms with Crippen LogP contribution in [-0.2, 0) is 9.84 Å². The molecule has 0 fully saturated rings.